The van der Waals surface area contributed by atoms with Gasteiger partial charge in [0.1, 0.15) is 6.26 Å². The van der Waals surface area contributed by atoms with Crippen LogP contribution >= 0.6 is 0 Å². The van der Waals surface area contributed by atoms with Crippen molar-refractivity contribution in [3.63, 3.8) is 0 Å². The summed E-state index contributed by atoms with van der Waals surface area (Å²) in [5.41, 5.74) is 0.998. The molecule has 1 aliphatic heterocycles. The molecule has 1 atom stereocenters. The molecule has 0 radical (unpaired) electrons. The summed E-state index contributed by atoms with van der Waals surface area (Å²) in [6.45, 7) is 2.37. The van der Waals surface area contributed by atoms with Gasteiger partial charge in [0.25, 0.3) is 0 Å². The molecule has 1 aromatic heterocycles. The highest BCUT2D eigenvalue weighted by Gasteiger charge is 2.21. The molecule has 2 heterocycles. The van der Waals surface area contributed by atoms with Crippen molar-refractivity contribution in [1.29, 1.82) is 0 Å². The van der Waals surface area contributed by atoms with Gasteiger partial charge in [-0.25, -0.2) is 13.8 Å². The number of ether oxygens (including phenoxy) is 2. The van der Waals surface area contributed by atoms with E-state index in [0.717, 1.165) is 31.6 Å². The summed E-state index contributed by atoms with van der Waals surface area (Å²) in [5.74, 6) is -1.94. The molecular formula is C19H22F2N2O4. The number of halogens is 2. The van der Waals surface area contributed by atoms with E-state index in [0.29, 0.717) is 30.9 Å². The van der Waals surface area contributed by atoms with Gasteiger partial charge < -0.3 is 13.9 Å². The number of carbonyl (C=O) groups is 1. The first kappa shape index (κ1) is 19.4. The second kappa shape index (κ2) is 9.05. The predicted octanol–water partition coefficient (Wildman–Crippen LogP) is 3.16. The molecule has 1 saturated heterocycles. The van der Waals surface area contributed by atoms with Crippen LogP contribution in [0.1, 0.15) is 25.0 Å². The van der Waals surface area contributed by atoms with Crippen LogP contribution in [0.4, 0.5) is 8.78 Å². The minimum atomic E-state index is -0.953. The number of benzene rings is 1. The van der Waals surface area contributed by atoms with Crippen molar-refractivity contribution >= 4 is 5.97 Å². The molecule has 2 aromatic rings. The van der Waals surface area contributed by atoms with Crippen LogP contribution in [0.25, 0.3) is 11.5 Å². The van der Waals surface area contributed by atoms with Gasteiger partial charge >= 0.3 is 5.97 Å². The molecule has 27 heavy (non-hydrogen) atoms. The molecule has 0 bridgehead atoms. The fourth-order valence-electron chi connectivity index (χ4n) is 3.03. The summed E-state index contributed by atoms with van der Waals surface area (Å²) in [6.07, 6.45) is 3.88. The summed E-state index contributed by atoms with van der Waals surface area (Å²) in [7, 11) is 1.36. The van der Waals surface area contributed by atoms with Crippen LogP contribution in [0.15, 0.2) is 28.9 Å². The van der Waals surface area contributed by atoms with Crippen LogP contribution in [0.5, 0.6) is 0 Å². The Bertz CT molecular complexity index is 775. The van der Waals surface area contributed by atoms with E-state index in [4.69, 9.17) is 13.9 Å². The number of nitrogens with zero attached hydrogens (tertiary/aromatic N) is 2. The molecule has 0 spiro atoms. The van der Waals surface area contributed by atoms with E-state index in [9.17, 15) is 13.6 Å². The first-order chi connectivity index (χ1) is 13.0. The van der Waals surface area contributed by atoms with Gasteiger partial charge in [0.2, 0.25) is 5.89 Å². The zero-order valence-corrected chi connectivity index (χ0v) is 15.1. The third-order valence-corrected chi connectivity index (χ3v) is 4.45. The summed E-state index contributed by atoms with van der Waals surface area (Å²) in [6, 6.07) is 3.50. The quantitative estimate of drug-likeness (QED) is 0.656. The van der Waals surface area contributed by atoms with Crippen LogP contribution in [0, 0.1) is 11.6 Å². The normalized spacial score (nSPS) is 16.8. The number of methoxy groups -OCH3 is 1. The summed E-state index contributed by atoms with van der Waals surface area (Å²) in [5, 5.41) is 0. The Morgan fingerprint density at radius 1 is 1.37 bits per heavy atom. The number of oxazole rings is 1. The van der Waals surface area contributed by atoms with Crippen LogP contribution in [-0.4, -0.2) is 48.8 Å². The molecule has 1 aromatic carbocycles. The van der Waals surface area contributed by atoms with Gasteiger partial charge in [-0.2, -0.15) is 0 Å². The average molecular weight is 380 g/mol. The van der Waals surface area contributed by atoms with E-state index >= 15 is 0 Å². The van der Waals surface area contributed by atoms with Gasteiger partial charge in [0, 0.05) is 31.8 Å². The van der Waals surface area contributed by atoms with E-state index in [1.54, 1.807) is 0 Å². The SMILES string of the molecule is COC(=O)CCN(Cc1coc(-c2ccc(F)c(F)c2)n1)CC1CCCO1. The largest absolute Gasteiger partial charge is 0.469 e. The van der Waals surface area contributed by atoms with E-state index in [-0.39, 0.29) is 24.4 Å². The standard InChI is InChI=1S/C19H22F2N2O4/c1-25-18(24)6-7-23(11-15-3-2-8-26-15)10-14-12-27-19(22-14)13-4-5-16(20)17(21)9-13/h4-5,9,12,15H,2-3,6-8,10-11H2,1H3. The first-order valence-corrected chi connectivity index (χ1v) is 8.85. The molecule has 1 unspecified atom stereocenters. The molecule has 146 valence electrons. The van der Waals surface area contributed by atoms with Crippen molar-refractivity contribution < 1.29 is 27.5 Å². The lowest BCUT2D eigenvalue weighted by atomic mass is 10.2. The molecule has 0 aliphatic carbocycles. The monoisotopic (exact) mass is 380 g/mol. The fraction of sp³-hybridized carbons (Fsp3) is 0.474. The number of hydrogen-bond donors (Lipinski definition) is 0. The third-order valence-electron chi connectivity index (χ3n) is 4.45. The Hall–Kier alpha value is -2.32. The van der Waals surface area contributed by atoms with Crippen LogP contribution < -0.4 is 0 Å². The van der Waals surface area contributed by atoms with Crippen LogP contribution in [0.2, 0.25) is 0 Å². The zero-order chi connectivity index (χ0) is 19.2. The highest BCUT2D eigenvalue weighted by molar-refractivity contribution is 5.69. The van der Waals surface area contributed by atoms with E-state index in [2.05, 4.69) is 9.88 Å². The van der Waals surface area contributed by atoms with Crippen molar-refractivity contribution in [2.75, 3.05) is 26.8 Å². The number of esters is 1. The number of aromatic nitrogens is 1. The van der Waals surface area contributed by atoms with Gasteiger partial charge in [-0.15, -0.1) is 0 Å². The molecule has 0 N–H and O–H groups in total. The van der Waals surface area contributed by atoms with Gasteiger partial charge in [-0.05, 0) is 31.0 Å². The number of hydrogen-bond acceptors (Lipinski definition) is 6. The maximum atomic E-state index is 13.4. The lowest BCUT2D eigenvalue weighted by Crippen LogP contribution is -2.33. The molecule has 8 heteroatoms. The predicted molar refractivity (Wildman–Crippen MR) is 92.7 cm³/mol. The Morgan fingerprint density at radius 2 is 2.22 bits per heavy atom. The summed E-state index contributed by atoms with van der Waals surface area (Å²) in [4.78, 5) is 17.9. The fourth-order valence-corrected chi connectivity index (χ4v) is 3.03. The molecule has 6 nitrogen and oxygen atoms in total. The number of carbonyl (C=O) groups excluding carboxylic acids is 1. The smallest absolute Gasteiger partial charge is 0.306 e. The minimum absolute atomic E-state index is 0.125. The number of rotatable bonds is 8. The topological polar surface area (TPSA) is 64.8 Å². The van der Waals surface area contributed by atoms with Crippen LogP contribution in [0.3, 0.4) is 0 Å². The third kappa shape index (κ3) is 5.33. The lowest BCUT2D eigenvalue weighted by Gasteiger charge is -2.23. The van der Waals surface area contributed by atoms with Crippen molar-refractivity contribution in [1.82, 2.24) is 9.88 Å². The van der Waals surface area contributed by atoms with Gasteiger partial charge in [0.05, 0.1) is 25.3 Å². The molecule has 1 aliphatic rings. The summed E-state index contributed by atoms with van der Waals surface area (Å²) >= 11 is 0. The highest BCUT2D eigenvalue weighted by Crippen LogP contribution is 2.22. The zero-order valence-electron chi connectivity index (χ0n) is 15.1. The van der Waals surface area contributed by atoms with E-state index in [1.165, 1.54) is 19.4 Å². The maximum absolute atomic E-state index is 13.4. The second-order valence-corrected chi connectivity index (χ2v) is 6.47. The van der Waals surface area contributed by atoms with Crippen molar-refractivity contribution in [2.45, 2.75) is 31.9 Å². The van der Waals surface area contributed by atoms with E-state index in [1.807, 2.05) is 0 Å². The van der Waals surface area contributed by atoms with E-state index < -0.39 is 11.6 Å². The highest BCUT2D eigenvalue weighted by atomic mass is 19.2. The Morgan fingerprint density at radius 3 is 2.93 bits per heavy atom. The minimum Gasteiger partial charge on any atom is -0.469 e. The van der Waals surface area contributed by atoms with Crippen molar-refractivity contribution in [3.8, 4) is 11.5 Å². The van der Waals surface area contributed by atoms with Gasteiger partial charge in [-0.3, -0.25) is 9.69 Å². The first-order valence-electron chi connectivity index (χ1n) is 8.85. The van der Waals surface area contributed by atoms with Gasteiger partial charge in [-0.1, -0.05) is 0 Å². The van der Waals surface area contributed by atoms with Crippen LogP contribution in [-0.2, 0) is 20.8 Å². The van der Waals surface area contributed by atoms with Crippen molar-refractivity contribution in [3.05, 3.63) is 41.8 Å². The van der Waals surface area contributed by atoms with Crippen molar-refractivity contribution in [2.24, 2.45) is 0 Å². The maximum Gasteiger partial charge on any atom is 0.306 e. The van der Waals surface area contributed by atoms with Gasteiger partial charge in [0.15, 0.2) is 11.6 Å². The summed E-state index contributed by atoms with van der Waals surface area (Å²) < 4.78 is 42.3. The molecule has 3 rings (SSSR count). The molecule has 0 saturated carbocycles. The Labute approximate surface area is 156 Å². The molecule has 1 fully saturated rings. The Balaban J connectivity index is 1.67. The molecular weight excluding hydrogens is 358 g/mol. The average Bonchev–Trinajstić information content (AvgIpc) is 3.34. The lowest BCUT2D eigenvalue weighted by molar-refractivity contribution is -0.141. The molecule has 0 amide bonds. The second-order valence-electron chi connectivity index (χ2n) is 6.47. The Kier molecular flexibility index (Phi) is 6.52.